The first kappa shape index (κ1) is 23.6. The second-order valence-electron chi connectivity index (χ2n) is 7.51. The quantitative estimate of drug-likeness (QED) is 0.333. The van der Waals surface area contributed by atoms with E-state index in [-0.39, 0.29) is 33.5 Å². The fourth-order valence-corrected chi connectivity index (χ4v) is 4.27. The van der Waals surface area contributed by atoms with E-state index in [1.807, 2.05) is 0 Å². The molecule has 12 heteroatoms. The summed E-state index contributed by atoms with van der Waals surface area (Å²) in [6.45, 7) is 3.47. The monoisotopic (exact) mass is 465 g/mol. The summed E-state index contributed by atoms with van der Waals surface area (Å²) in [5, 5.41) is 16.2. The van der Waals surface area contributed by atoms with Crippen molar-refractivity contribution in [2.75, 3.05) is 39.0 Å². The molecule has 0 aliphatic carbocycles. The summed E-state index contributed by atoms with van der Waals surface area (Å²) in [5.74, 6) is -1.97. The Labute approximate surface area is 187 Å². The normalized spacial score (nSPS) is 20.2. The van der Waals surface area contributed by atoms with E-state index in [0.29, 0.717) is 25.5 Å². The number of aliphatic imine (C=N–C) groups is 1. The van der Waals surface area contributed by atoms with E-state index in [1.165, 1.54) is 19.3 Å². The summed E-state index contributed by atoms with van der Waals surface area (Å²) in [7, 11) is 1.54. The summed E-state index contributed by atoms with van der Waals surface area (Å²) in [5.41, 5.74) is 10.3. The minimum Gasteiger partial charge on any atom is -0.403 e. The number of thiazole rings is 1. The molecule has 1 aliphatic rings. The maximum Gasteiger partial charge on any atom is 0.277 e. The van der Waals surface area contributed by atoms with Crippen molar-refractivity contribution in [2.45, 2.75) is 12.5 Å². The number of nitrogens with zero attached hydrogens (tertiary/aromatic N) is 3. The largest absolute Gasteiger partial charge is 0.403 e. The molecule has 1 aromatic heterocycles. The van der Waals surface area contributed by atoms with Gasteiger partial charge in [0.25, 0.3) is 5.91 Å². The van der Waals surface area contributed by atoms with E-state index in [1.54, 1.807) is 11.8 Å². The van der Waals surface area contributed by atoms with Crippen molar-refractivity contribution in [3.05, 3.63) is 47.4 Å². The third-order valence-corrected chi connectivity index (χ3v) is 5.71. The Bertz CT molecular complexity index is 1050. The number of carbonyl (C=O) groups excluding carboxylic acids is 1. The van der Waals surface area contributed by atoms with Crippen molar-refractivity contribution < 1.29 is 18.7 Å². The zero-order valence-corrected chi connectivity index (χ0v) is 18.5. The number of hydrogen-bond acceptors (Lipinski definition) is 8. The lowest BCUT2D eigenvalue weighted by molar-refractivity contribution is 0.0497. The number of amidine groups is 1. The van der Waals surface area contributed by atoms with Crippen molar-refractivity contribution in [2.24, 2.45) is 10.7 Å². The van der Waals surface area contributed by atoms with Gasteiger partial charge in [-0.1, -0.05) is 17.4 Å². The molecule has 0 spiro atoms. The van der Waals surface area contributed by atoms with Crippen LogP contribution in [0.15, 0.2) is 35.1 Å². The highest BCUT2D eigenvalue weighted by Crippen LogP contribution is 2.33. The van der Waals surface area contributed by atoms with Gasteiger partial charge in [-0.15, -0.1) is 0 Å². The molecule has 2 aromatic rings. The Morgan fingerprint density at radius 2 is 2.12 bits per heavy atom. The highest BCUT2D eigenvalue weighted by atomic mass is 32.1. The van der Waals surface area contributed by atoms with Crippen LogP contribution in [-0.4, -0.2) is 65.6 Å². The Morgan fingerprint density at radius 3 is 2.75 bits per heavy atom. The molecule has 1 aliphatic heterocycles. The number of hydrogen-bond donors (Lipinski definition) is 5. The van der Waals surface area contributed by atoms with Crippen LogP contribution in [0.25, 0.3) is 10.6 Å². The van der Waals surface area contributed by atoms with Crippen molar-refractivity contribution >= 4 is 28.1 Å². The smallest absolute Gasteiger partial charge is 0.277 e. The van der Waals surface area contributed by atoms with Crippen LogP contribution < -0.4 is 22.1 Å². The molecule has 7 N–H and O–H groups in total. The molecule has 1 aromatic carbocycles. The molecule has 1 saturated heterocycles. The highest BCUT2D eigenvalue weighted by Gasteiger charge is 2.30. The minimum atomic E-state index is -1.02. The summed E-state index contributed by atoms with van der Waals surface area (Å²) in [6, 6.07) is 3.43. The predicted molar refractivity (Wildman–Crippen MR) is 120 cm³/mol. The van der Waals surface area contributed by atoms with Crippen LogP contribution in [0, 0.1) is 11.6 Å². The van der Waals surface area contributed by atoms with Gasteiger partial charge in [-0.25, -0.2) is 13.8 Å². The van der Waals surface area contributed by atoms with Crippen molar-refractivity contribution in [3.8, 4) is 10.6 Å². The van der Waals surface area contributed by atoms with E-state index >= 15 is 0 Å². The zero-order valence-electron chi connectivity index (χ0n) is 17.7. The third kappa shape index (κ3) is 5.03. The number of carbonyl (C=O) groups is 1. The van der Waals surface area contributed by atoms with Crippen LogP contribution in [0.5, 0.6) is 0 Å². The van der Waals surface area contributed by atoms with Gasteiger partial charge in [0.05, 0.1) is 16.9 Å². The fourth-order valence-electron chi connectivity index (χ4n) is 3.39. The molecule has 1 amide bonds. The molecule has 1 atom stereocenters. The number of rotatable bonds is 4. The zero-order chi connectivity index (χ0) is 23.5. The number of halogens is 2. The van der Waals surface area contributed by atoms with Crippen LogP contribution >= 0.6 is 11.3 Å². The number of nitrogens with one attached hydrogen (secondary N) is 2. The second kappa shape index (κ2) is 9.59. The summed E-state index contributed by atoms with van der Waals surface area (Å²) < 4.78 is 28.2. The Kier molecular flexibility index (Phi) is 7.06. The van der Waals surface area contributed by atoms with Crippen LogP contribution in [0.4, 0.5) is 13.8 Å². The first-order chi connectivity index (χ1) is 15.2. The van der Waals surface area contributed by atoms with Gasteiger partial charge in [0.15, 0.2) is 5.69 Å². The maximum atomic E-state index is 14.1. The molecule has 32 heavy (non-hydrogen) atoms. The van der Waals surface area contributed by atoms with E-state index in [9.17, 15) is 18.7 Å². The molecule has 2 heterocycles. The molecular weight excluding hydrogens is 440 g/mol. The third-order valence-electron chi connectivity index (χ3n) is 4.81. The molecule has 0 radical (unpaired) electrons. The van der Waals surface area contributed by atoms with Crippen LogP contribution in [0.1, 0.15) is 17.4 Å². The van der Waals surface area contributed by atoms with Crippen LogP contribution in [-0.2, 0) is 0 Å². The molecule has 9 nitrogen and oxygen atoms in total. The summed E-state index contributed by atoms with van der Waals surface area (Å²) >= 11 is 0.797. The molecule has 0 bridgehead atoms. The van der Waals surface area contributed by atoms with Gasteiger partial charge in [0.2, 0.25) is 0 Å². The van der Waals surface area contributed by atoms with E-state index in [2.05, 4.69) is 20.6 Å². The maximum absolute atomic E-state index is 14.1. The van der Waals surface area contributed by atoms with E-state index in [4.69, 9.17) is 11.5 Å². The molecule has 3 rings (SSSR count). The number of nitrogens with two attached hydrogens (primary N) is 2. The molecule has 0 saturated carbocycles. The number of benzene rings is 1. The van der Waals surface area contributed by atoms with E-state index in [0.717, 1.165) is 23.5 Å². The molecule has 1 fully saturated rings. The van der Waals surface area contributed by atoms with Gasteiger partial charge in [0, 0.05) is 39.4 Å². The average molecular weight is 466 g/mol. The fraction of sp³-hybridized carbons (Fsp3) is 0.350. The van der Waals surface area contributed by atoms with Gasteiger partial charge in [-0.05, 0) is 19.1 Å². The van der Waals surface area contributed by atoms with Gasteiger partial charge < -0.3 is 32.1 Å². The SMILES string of the molecule is CN=C(C(=CN)NC(=O)c1nc(-c2c(F)cccc2F)sc1N)N1CCNCC(C)(O)C1. The Hall–Kier alpha value is -3.09. The summed E-state index contributed by atoms with van der Waals surface area (Å²) in [6.07, 6.45) is 1.17. The number of anilines is 1. The van der Waals surface area contributed by atoms with Crippen LogP contribution in [0.2, 0.25) is 0 Å². The predicted octanol–water partition coefficient (Wildman–Crippen LogP) is 0.885. The second-order valence-corrected chi connectivity index (χ2v) is 8.54. The van der Waals surface area contributed by atoms with Gasteiger partial charge in [-0.3, -0.25) is 9.79 Å². The number of nitrogen functional groups attached to an aromatic ring is 1. The lowest BCUT2D eigenvalue weighted by atomic mass is 10.1. The lowest BCUT2D eigenvalue weighted by Gasteiger charge is -2.31. The Balaban J connectivity index is 1.85. The summed E-state index contributed by atoms with van der Waals surface area (Å²) in [4.78, 5) is 23.0. The minimum absolute atomic E-state index is 0.00609. The molecular formula is C20H25F2N7O2S. The van der Waals surface area contributed by atoms with Gasteiger partial charge >= 0.3 is 0 Å². The molecule has 1 unspecified atom stereocenters. The van der Waals surface area contributed by atoms with Gasteiger partial charge in [0.1, 0.15) is 27.5 Å². The topological polar surface area (TPSA) is 142 Å². The first-order valence-corrected chi connectivity index (χ1v) is 10.6. The number of β-amino-alcohol motifs (C(OH)–C–C–N with tert-alkyl or cyclic N) is 1. The average Bonchev–Trinajstić information content (AvgIpc) is 3.01. The van der Waals surface area contributed by atoms with Crippen molar-refractivity contribution in [1.82, 2.24) is 20.5 Å². The standard InChI is InChI=1S/C20H25F2N7O2S/c1-20(31)9-26-6-7-29(10-20)17(25-2)13(8-23)27-18(30)15-16(24)32-19(28-15)14-11(21)4-3-5-12(14)22/h3-5,8,26,31H,6-7,9-10,23-24H2,1-2H3,(H,27,30). The number of amides is 1. The Morgan fingerprint density at radius 1 is 1.44 bits per heavy atom. The number of aliphatic hydroxyl groups is 1. The highest BCUT2D eigenvalue weighted by molar-refractivity contribution is 7.19. The van der Waals surface area contributed by atoms with Crippen LogP contribution in [0.3, 0.4) is 0 Å². The lowest BCUT2D eigenvalue weighted by Crippen LogP contribution is -2.47. The van der Waals surface area contributed by atoms with E-state index < -0.39 is 23.1 Å². The van der Waals surface area contributed by atoms with Crippen molar-refractivity contribution in [3.63, 3.8) is 0 Å². The van der Waals surface area contributed by atoms with Crippen molar-refractivity contribution in [1.29, 1.82) is 0 Å². The van der Waals surface area contributed by atoms with Gasteiger partial charge in [-0.2, -0.15) is 0 Å². The number of aromatic nitrogens is 1. The first-order valence-electron chi connectivity index (χ1n) is 9.76. The molecule has 172 valence electrons.